The van der Waals surface area contributed by atoms with E-state index in [4.69, 9.17) is 0 Å². The molecule has 0 atom stereocenters. The molecule has 1 aromatic rings. The number of carbonyl (C=O) groups is 1. The molecule has 0 aromatic heterocycles. The zero-order valence-corrected chi connectivity index (χ0v) is 12.1. The lowest BCUT2D eigenvalue weighted by Gasteiger charge is -2.08. The zero-order chi connectivity index (χ0) is 14.3. The van der Waals surface area contributed by atoms with Crippen LogP contribution >= 0.6 is 0 Å². The van der Waals surface area contributed by atoms with Crippen LogP contribution in [0.3, 0.4) is 0 Å². The molecule has 5 nitrogen and oxygen atoms in total. The summed E-state index contributed by atoms with van der Waals surface area (Å²) in [5, 5.41) is 5.21. The van der Waals surface area contributed by atoms with Gasteiger partial charge in [-0.3, -0.25) is 0 Å². The smallest absolute Gasteiger partial charge is 0.315 e. The van der Waals surface area contributed by atoms with E-state index in [1.54, 1.807) is 6.92 Å². The lowest BCUT2D eigenvalue weighted by Crippen LogP contribution is -2.37. The first-order valence-corrected chi connectivity index (χ1v) is 8.03. The van der Waals surface area contributed by atoms with Crippen molar-refractivity contribution < 1.29 is 13.2 Å². The first-order chi connectivity index (χ1) is 8.93. The zero-order valence-electron chi connectivity index (χ0n) is 11.3. The summed E-state index contributed by atoms with van der Waals surface area (Å²) in [6.07, 6.45) is 0. The summed E-state index contributed by atoms with van der Waals surface area (Å²) in [5.74, 6) is 0.0704. The van der Waals surface area contributed by atoms with E-state index in [2.05, 4.69) is 10.6 Å². The van der Waals surface area contributed by atoms with E-state index in [0.717, 1.165) is 11.1 Å². The molecule has 0 unspecified atom stereocenters. The second-order valence-electron chi connectivity index (χ2n) is 4.33. The van der Waals surface area contributed by atoms with Crippen LogP contribution in [0.4, 0.5) is 4.79 Å². The van der Waals surface area contributed by atoms with Gasteiger partial charge in [0, 0.05) is 18.8 Å². The summed E-state index contributed by atoms with van der Waals surface area (Å²) < 4.78 is 22.5. The van der Waals surface area contributed by atoms with E-state index >= 15 is 0 Å². The molecule has 0 fully saturated rings. The molecular weight excluding hydrogens is 264 g/mol. The van der Waals surface area contributed by atoms with Crippen molar-refractivity contribution in [1.82, 2.24) is 10.6 Å². The Kier molecular flexibility index (Phi) is 5.82. The number of nitrogens with one attached hydrogen (secondary N) is 2. The third-order valence-corrected chi connectivity index (χ3v) is 4.38. The van der Waals surface area contributed by atoms with Crippen LogP contribution in [-0.4, -0.2) is 32.5 Å². The summed E-state index contributed by atoms with van der Waals surface area (Å²) in [6.45, 7) is 4.14. The van der Waals surface area contributed by atoms with E-state index < -0.39 is 9.84 Å². The first-order valence-electron chi connectivity index (χ1n) is 6.20. The van der Waals surface area contributed by atoms with Crippen molar-refractivity contribution in [2.24, 2.45) is 0 Å². The van der Waals surface area contributed by atoms with Crippen molar-refractivity contribution in [3.8, 4) is 0 Å². The van der Waals surface area contributed by atoms with E-state index in [1.165, 1.54) is 0 Å². The largest absolute Gasteiger partial charge is 0.337 e. The fourth-order valence-corrected chi connectivity index (χ4v) is 2.23. The molecular formula is C13H20N2O3S. The van der Waals surface area contributed by atoms with Crippen LogP contribution in [0.2, 0.25) is 0 Å². The van der Waals surface area contributed by atoms with Crippen LogP contribution in [0.15, 0.2) is 24.3 Å². The van der Waals surface area contributed by atoms with E-state index in [9.17, 15) is 13.2 Å². The number of benzene rings is 1. The predicted octanol–water partition coefficient (Wildman–Crippen LogP) is 1.23. The number of urea groups is 1. The van der Waals surface area contributed by atoms with Crippen molar-refractivity contribution in [2.75, 3.05) is 18.1 Å². The highest BCUT2D eigenvalue weighted by atomic mass is 32.2. The summed E-state index contributed by atoms with van der Waals surface area (Å²) in [5.41, 5.74) is 2.14. The highest BCUT2D eigenvalue weighted by molar-refractivity contribution is 7.91. The van der Waals surface area contributed by atoms with Gasteiger partial charge in [-0.1, -0.05) is 36.8 Å². The number of amides is 2. The Balaban J connectivity index is 2.29. The van der Waals surface area contributed by atoms with E-state index in [1.807, 2.05) is 31.2 Å². The third kappa shape index (κ3) is 6.24. The van der Waals surface area contributed by atoms with Crippen LogP contribution in [0, 0.1) is 6.92 Å². The molecule has 1 aromatic carbocycles. The number of sulfone groups is 1. The Bertz CT molecular complexity index is 526. The van der Waals surface area contributed by atoms with Gasteiger partial charge in [0.1, 0.15) is 0 Å². The molecule has 2 amide bonds. The molecule has 6 heteroatoms. The standard InChI is InChI=1S/C13H20N2O3S/c1-3-19(17,18)8-7-14-13(16)15-10-12-6-4-5-11(2)9-12/h4-6,9H,3,7-8,10H2,1-2H3,(H2,14,15,16). The number of rotatable bonds is 6. The average Bonchev–Trinajstić information content (AvgIpc) is 2.36. The fraction of sp³-hybridized carbons (Fsp3) is 0.462. The minimum Gasteiger partial charge on any atom is -0.337 e. The average molecular weight is 284 g/mol. The van der Waals surface area contributed by atoms with Crippen molar-refractivity contribution >= 4 is 15.9 Å². The van der Waals surface area contributed by atoms with Gasteiger partial charge in [-0.05, 0) is 12.5 Å². The lowest BCUT2D eigenvalue weighted by molar-refractivity contribution is 0.241. The molecule has 0 bridgehead atoms. The van der Waals surface area contributed by atoms with Crippen molar-refractivity contribution in [2.45, 2.75) is 20.4 Å². The van der Waals surface area contributed by atoms with Gasteiger partial charge in [0.2, 0.25) is 0 Å². The fourth-order valence-electron chi connectivity index (χ4n) is 1.53. The maximum atomic E-state index is 11.5. The van der Waals surface area contributed by atoms with E-state index in [-0.39, 0.29) is 24.1 Å². The van der Waals surface area contributed by atoms with E-state index in [0.29, 0.717) is 6.54 Å². The second-order valence-corrected chi connectivity index (χ2v) is 6.81. The van der Waals surface area contributed by atoms with Gasteiger partial charge < -0.3 is 10.6 Å². The molecule has 0 spiro atoms. The molecule has 19 heavy (non-hydrogen) atoms. The Morgan fingerprint density at radius 1 is 1.26 bits per heavy atom. The highest BCUT2D eigenvalue weighted by Gasteiger charge is 2.07. The second kappa shape index (κ2) is 7.13. The Morgan fingerprint density at radius 3 is 2.63 bits per heavy atom. The Hall–Kier alpha value is -1.56. The summed E-state index contributed by atoms with van der Waals surface area (Å²) in [7, 11) is -3.03. The van der Waals surface area contributed by atoms with Gasteiger partial charge in [-0.25, -0.2) is 13.2 Å². The summed E-state index contributed by atoms with van der Waals surface area (Å²) in [4.78, 5) is 11.5. The first kappa shape index (κ1) is 15.5. The number of hydrogen-bond acceptors (Lipinski definition) is 3. The van der Waals surface area contributed by atoms with Crippen LogP contribution in [0.25, 0.3) is 0 Å². The number of carbonyl (C=O) groups excluding carboxylic acids is 1. The maximum Gasteiger partial charge on any atom is 0.315 e. The highest BCUT2D eigenvalue weighted by Crippen LogP contribution is 2.02. The monoisotopic (exact) mass is 284 g/mol. The topological polar surface area (TPSA) is 75.3 Å². The van der Waals surface area contributed by atoms with Crippen LogP contribution < -0.4 is 10.6 Å². The molecule has 2 N–H and O–H groups in total. The molecule has 0 aliphatic rings. The predicted molar refractivity (Wildman–Crippen MR) is 75.7 cm³/mol. The van der Waals surface area contributed by atoms with Crippen molar-refractivity contribution in [3.63, 3.8) is 0 Å². The maximum absolute atomic E-state index is 11.5. The van der Waals surface area contributed by atoms with Crippen molar-refractivity contribution in [3.05, 3.63) is 35.4 Å². The lowest BCUT2D eigenvalue weighted by atomic mass is 10.1. The van der Waals surface area contributed by atoms with Gasteiger partial charge in [-0.2, -0.15) is 0 Å². The molecule has 0 aliphatic carbocycles. The van der Waals surface area contributed by atoms with Gasteiger partial charge >= 0.3 is 6.03 Å². The minimum absolute atomic E-state index is 0.0264. The summed E-state index contributed by atoms with van der Waals surface area (Å²) >= 11 is 0. The summed E-state index contributed by atoms with van der Waals surface area (Å²) in [6, 6.07) is 7.47. The molecule has 0 aliphatic heterocycles. The van der Waals surface area contributed by atoms with Gasteiger partial charge in [0.05, 0.1) is 5.75 Å². The quantitative estimate of drug-likeness (QED) is 0.825. The van der Waals surface area contributed by atoms with Gasteiger partial charge in [-0.15, -0.1) is 0 Å². The van der Waals surface area contributed by atoms with Crippen LogP contribution in [0.1, 0.15) is 18.1 Å². The number of hydrogen-bond donors (Lipinski definition) is 2. The minimum atomic E-state index is -3.03. The Labute approximate surface area is 114 Å². The SMILES string of the molecule is CCS(=O)(=O)CCNC(=O)NCc1cccc(C)c1. The molecule has 0 radical (unpaired) electrons. The van der Waals surface area contributed by atoms with Crippen LogP contribution in [-0.2, 0) is 16.4 Å². The van der Waals surface area contributed by atoms with Crippen LogP contribution in [0.5, 0.6) is 0 Å². The molecule has 1 rings (SSSR count). The van der Waals surface area contributed by atoms with Gasteiger partial charge in [0.15, 0.2) is 9.84 Å². The molecule has 0 heterocycles. The molecule has 0 saturated carbocycles. The molecule has 0 saturated heterocycles. The third-order valence-electron chi connectivity index (χ3n) is 2.67. The van der Waals surface area contributed by atoms with Crippen molar-refractivity contribution in [1.29, 1.82) is 0 Å². The Morgan fingerprint density at radius 2 is 2.00 bits per heavy atom. The normalized spacial score (nSPS) is 11.1. The molecule has 106 valence electrons. The number of aryl methyl sites for hydroxylation is 1. The van der Waals surface area contributed by atoms with Gasteiger partial charge in [0.25, 0.3) is 0 Å².